The number of amides is 2. The fraction of sp³-hybridized carbons (Fsp3) is 0.286. The van der Waals surface area contributed by atoms with Crippen LogP contribution in [0.15, 0.2) is 18.2 Å². The van der Waals surface area contributed by atoms with Crippen LogP contribution < -0.4 is 15.0 Å². The summed E-state index contributed by atoms with van der Waals surface area (Å²) in [4.78, 5) is 36.2. The number of nitrogens with zero attached hydrogens (tertiary/aromatic N) is 1. The molecule has 1 unspecified atom stereocenters. The third-order valence-electron chi connectivity index (χ3n) is 5.02. The minimum Gasteiger partial charge on any atom is -0.469 e. The Morgan fingerprint density at radius 1 is 1.06 bits per heavy atom. The van der Waals surface area contributed by atoms with Crippen molar-refractivity contribution in [1.29, 1.82) is 0 Å². The molecule has 14 heteroatoms. The predicted molar refractivity (Wildman–Crippen MR) is 104 cm³/mol. The second kappa shape index (κ2) is 9.43. The molecule has 0 radical (unpaired) electrons. The molecule has 1 aliphatic rings. The molecule has 35 heavy (non-hydrogen) atoms. The van der Waals surface area contributed by atoms with Gasteiger partial charge < -0.3 is 14.8 Å². The molecule has 2 aromatic carbocycles. The van der Waals surface area contributed by atoms with E-state index in [0.29, 0.717) is 6.07 Å². The molecular weight excluding hydrogens is 493 g/mol. The number of fused-ring (bicyclic) bond motifs is 1. The monoisotopic (exact) mass is 508 g/mol. The summed E-state index contributed by atoms with van der Waals surface area (Å²) in [6.07, 6.45) is -4.84. The van der Waals surface area contributed by atoms with Gasteiger partial charge in [-0.2, -0.15) is 8.78 Å². The van der Waals surface area contributed by atoms with Crippen molar-refractivity contribution in [1.82, 2.24) is 5.32 Å². The first-order valence-electron chi connectivity index (χ1n) is 9.72. The molecule has 0 spiro atoms. The summed E-state index contributed by atoms with van der Waals surface area (Å²) in [6, 6.07) is -1.06. The Bertz CT molecular complexity index is 1220. The zero-order chi connectivity index (χ0) is 26.2. The number of carbonyl (C=O) groups is 3. The molecule has 0 aromatic heterocycles. The second-order valence-electron chi connectivity index (χ2n) is 7.23. The highest BCUT2D eigenvalue weighted by atomic mass is 19.3. The maximum atomic E-state index is 14.7. The van der Waals surface area contributed by atoms with Gasteiger partial charge in [-0.15, -0.1) is 0 Å². The topological polar surface area (TPSA) is 84.9 Å². The highest BCUT2D eigenvalue weighted by molar-refractivity contribution is 6.06. The molecule has 0 aliphatic carbocycles. The van der Waals surface area contributed by atoms with Crippen LogP contribution in [-0.2, 0) is 19.1 Å². The third-order valence-corrected chi connectivity index (χ3v) is 5.02. The van der Waals surface area contributed by atoms with Crippen molar-refractivity contribution >= 4 is 23.5 Å². The largest absolute Gasteiger partial charge is 0.483 e. The Labute approximate surface area is 192 Å². The molecule has 1 heterocycles. The van der Waals surface area contributed by atoms with Crippen LogP contribution in [-0.4, -0.2) is 43.6 Å². The van der Waals surface area contributed by atoms with Crippen molar-refractivity contribution < 1.29 is 54.6 Å². The van der Waals surface area contributed by atoms with E-state index in [4.69, 9.17) is 0 Å². The molecule has 2 amide bonds. The van der Waals surface area contributed by atoms with E-state index in [1.807, 2.05) is 0 Å². The first-order valence-corrected chi connectivity index (χ1v) is 9.72. The number of esters is 1. The van der Waals surface area contributed by atoms with E-state index < -0.39 is 81.6 Å². The second-order valence-corrected chi connectivity index (χ2v) is 7.23. The minimum atomic E-state index is -4.56. The number of methoxy groups -OCH3 is 1. The molecule has 0 bridgehead atoms. The van der Waals surface area contributed by atoms with Gasteiger partial charge >= 0.3 is 18.0 Å². The molecule has 7 nitrogen and oxygen atoms in total. The molecule has 1 atom stereocenters. The van der Waals surface area contributed by atoms with Crippen LogP contribution in [0, 0.1) is 29.1 Å². The molecule has 2 aromatic rings. The van der Waals surface area contributed by atoms with Crippen LogP contribution in [0.5, 0.6) is 5.75 Å². The first kappa shape index (κ1) is 25.8. The number of nitrogens with one attached hydrogen (secondary N) is 1. The summed E-state index contributed by atoms with van der Waals surface area (Å²) in [7, 11) is 1.09. The van der Waals surface area contributed by atoms with E-state index in [1.165, 1.54) is 0 Å². The standard InChI is InChI=1S/C21H15F7N2O5/c1-8(19(32)29-4-3-15(31)34-2)30-13-5-9(16-11(23)6-12(24)17(25)18(16)26)10(22)7-14(13)35-21(27,28)20(30)33/h5-8H,3-4H2,1-2H3,(H,29,32). The summed E-state index contributed by atoms with van der Waals surface area (Å²) in [5.41, 5.74) is -3.16. The average molecular weight is 508 g/mol. The van der Waals surface area contributed by atoms with Gasteiger partial charge in [0.1, 0.15) is 17.7 Å². The molecule has 0 saturated carbocycles. The Hall–Kier alpha value is -3.84. The number of ether oxygens (including phenoxy) is 2. The number of halogens is 7. The third kappa shape index (κ3) is 4.72. The summed E-state index contributed by atoms with van der Waals surface area (Å²) in [5.74, 6) is -14.3. The van der Waals surface area contributed by atoms with Crippen molar-refractivity contribution in [3.63, 3.8) is 0 Å². The van der Waals surface area contributed by atoms with Gasteiger partial charge in [0.05, 0.1) is 24.8 Å². The smallest absolute Gasteiger partial charge is 0.469 e. The fourth-order valence-electron chi connectivity index (χ4n) is 3.29. The lowest BCUT2D eigenvalue weighted by Crippen LogP contribution is -2.57. The summed E-state index contributed by atoms with van der Waals surface area (Å²) < 4.78 is 107. The van der Waals surface area contributed by atoms with Gasteiger partial charge in [0.15, 0.2) is 23.2 Å². The van der Waals surface area contributed by atoms with E-state index in [-0.39, 0.29) is 30.0 Å². The van der Waals surface area contributed by atoms with Gasteiger partial charge in [0.25, 0.3) is 0 Å². The summed E-state index contributed by atoms with van der Waals surface area (Å²) in [5, 5.41) is 2.21. The number of carbonyl (C=O) groups excluding carboxylic acids is 3. The van der Waals surface area contributed by atoms with Crippen LogP contribution in [0.25, 0.3) is 11.1 Å². The van der Waals surface area contributed by atoms with E-state index in [1.54, 1.807) is 0 Å². The van der Waals surface area contributed by atoms with Crippen molar-refractivity contribution in [3.8, 4) is 16.9 Å². The van der Waals surface area contributed by atoms with E-state index in [0.717, 1.165) is 14.0 Å². The van der Waals surface area contributed by atoms with E-state index >= 15 is 0 Å². The quantitative estimate of drug-likeness (QED) is 0.280. The molecule has 0 saturated heterocycles. The number of alkyl halides is 2. The van der Waals surface area contributed by atoms with E-state index in [9.17, 15) is 45.1 Å². The van der Waals surface area contributed by atoms with Gasteiger partial charge in [-0.1, -0.05) is 0 Å². The van der Waals surface area contributed by atoms with Crippen molar-refractivity contribution in [2.45, 2.75) is 25.5 Å². The van der Waals surface area contributed by atoms with Crippen LogP contribution in [0.2, 0.25) is 0 Å². The average Bonchev–Trinajstić information content (AvgIpc) is 2.78. The first-order chi connectivity index (χ1) is 16.3. The Morgan fingerprint density at radius 2 is 1.71 bits per heavy atom. The van der Waals surface area contributed by atoms with E-state index in [2.05, 4.69) is 14.8 Å². The fourth-order valence-corrected chi connectivity index (χ4v) is 3.29. The van der Waals surface area contributed by atoms with Crippen molar-refractivity contribution in [2.75, 3.05) is 18.6 Å². The molecule has 188 valence electrons. The van der Waals surface area contributed by atoms with Crippen LogP contribution in [0.3, 0.4) is 0 Å². The zero-order valence-electron chi connectivity index (χ0n) is 17.9. The molecule has 1 N–H and O–H groups in total. The van der Waals surface area contributed by atoms with Crippen molar-refractivity contribution in [2.24, 2.45) is 0 Å². The summed E-state index contributed by atoms with van der Waals surface area (Å²) >= 11 is 0. The Kier molecular flexibility index (Phi) is 6.94. The van der Waals surface area contributed by atoms with Crippen molar-refractivity contribution in [3.05, 3.63) is 47.3 Å². The summed E-state index contributed by atoms with van der Waals surface area (Å²) in [6.45, 7) is 0.704. The maximum Gasteiger partial charge on any atom is 0.483 e. The lowest BCUT2D eigenvalue weighted by atomic mass is 10.0. The van der Waals surface area contributed by atoms with Crippen LogP contribution in [0.4, 0.5) is 36.4 Å². The van der Waals surface area contributed by atoms with Crippen LogP contribution in [0.1, 0.15) is 13.3 Å². The SMILES string of the molecule is COC(=O)CCNC(=O)C(C)N1C(=O)C(F)(F)Oc2cc(F)c(-c3c(F)cc(F)c(F)c3F)cc21. The number of anilines is 1. The maximum absolute atomic E-state index is 14.7. The number of hydrogen-bond donors (Lipinski definition) is 1. The Balaban J connectivity index is 2.09. The minimum absolute atomic E-state index is 0.0580. The Morgan fingerprint density at radius 3 is 2.34 bits per heavy atom. The lowest BCUT2D eigenvalue weighted by Gasteiger charge is -2.36. The zero-order valence-corrected chi connectivity index (χ0v) is 17.9. The van der Waals surface area contributed by atoms with Gasteiger partial charge in [0.2, 0.25) is 5.91 Å². The number of hydrogen-bond acceptors (Lipinski definition) is 5. The lowest BCUT2D eigenvalue weighted by molar-refractivity contribution is -0.193. The predicted octanol–water partition coefficient (Wildman–Crippen LogP) is 3.44. The van der Waals surface area contributed by atoms with Gasteiger partial charge in [0, 0.05) is 24.2 Å². The van der Waals surface area contributed by atoms with Gasteiger partial charge in [-0.3, -0.25) is 19.3 Å². The van der Waals surface area contributed by atoms with Gasteiger partial charge in [-0.05, 0) is 13.0 Å². The highest BCUT2D eigenvalue weighted by Crippen LogP contribution is 2.44. The number of rotatable bonds is 6. The molecule has 0 fully saturated rings. The van der Waals surface area contributed by atoms with Gasteiger partial charge in [-0.25, -0.2) is 22.0 Å². The molecule has 1 aliphatic heterocycles. The highest BCUT2D eigenvalue weighted by Gasteiger charge is 2.53. The number of benzene rings is 2. The molecule has 3 rings (SSSR count). The van der Waals surface area contributed by atoms with Crippen LogP contribution >= 0.6 is 0 Å². The molecular formula is C21H15F7N2O5. The normalized spacial score (nSPS) is 15.2.